The van der Waals surface area contributed by atoms with E-state index < -0.39 is 0 Å². The Balaban J connectivity index is 2.03. The zero-order chi connectivity index (χ0) is 9.31. The van der Waals surface area contributed by atoms with E-state index in [1.807, 2.05) is 0 Å². The standard InChI is InChI=1S/C11H22N2/c1-2-4-11-5-3-10(13-11)6-9(7-11)8-12/h9-10,13H,2-8,12H2,1H3. The molecule has 76 valence electrons. The van der Waals surface area contributed by atoms with Gasteiger partial charge in [-0.3, -0.25) is 0 Å². The molecule has 3 N–H and O–H groups in total. The molecule has 3 unspecified atom stereocenters. The summed E-state index contributed by atoms with van der Waals surface area (Å²) < 4.78 is 0. The van der Waals surface area contributed by atoms with Crippen LogP contribution in [-0.4, -0.2) is 18.1 Å². The summed E-state index contributed by atoms with van der Waals surface area (Å²) in [6.07, 6.45) is 8.07. The minimum Gasteiger partial charge on any atom is -0.330 e. The van der Waals surface area contributed by atoms with Crippen LogP contribution in [0.4, 0.5) is 0 Å². The van der Waals surface area contributed by atoms with Crippen molar-refractivity contribution in [3.63, 3.8) is 0 Å². The van der Waals surface area contributed by atoms with Gasteiger partial charge in [0.1, 0.15) is 0 Å². The number of fused-ring (bicyclic) bond motifs is 2. The summed E-state index contributed by atoms with van der Waals surface area (Å²) in [5, 5.41) is 3.81. The number of hydrogen-bond acceptors (Lipinski definition) is 2. The summed E-state index contributed by atoms with van der Waals surface area (Å²) in [5.41, 5.74) is 6.27. The third-order valence-corrected chi connectivity index (χ3v) is 3.84. The van der Waals surface area contributed by atoms with E-state index in [0.717, 1.165) is 18.5 Å². The van der Waals surface area contributed by atoms with Gasteiger partial charge in [-0.2, -0.15) is 0 Å². The van der Waals surface area contributed by atoms with E-state index in [1.54, 1.807) is 0 Å². The molecule has 0 aromatic heterocycles. The first-order valence-corrected chi connectivity index (χ1v) is 5.76. The van der Waals surface area contributed by atoms with Crippen molar-refractivity contribution in [2.45, 2.75) is 57.0 Å². The topological polar surface area (TPSA) is 38.0 Å². The average molecular weight is 182 g/mol. The predicted octanol–water partition coefficient (Wildman–Crippen LogP) is 1.65. The van der Waals surface area contributed by atoms with Crippen LogP contribution >= 0.6 is 0 Å². The summed E-state index contributed by atoms with van der Waals surface area (Å²) in [6.45, 7) is 3.18. The number of nitrogens with one attached hydrogen (secondary N) is 1. The molecule has 2 saturated heterocycles. The van der Waals surface area contributed by atoms with Gasteiger partial charge in [-0.05, 0) is 44.6 Å². The molecular weight excluding hydrogens is 160 g/mol. The van der Waals surface area contributed by atoms with E-state index in [1.165, 1.54) is 38.5 Å². The van der Waals surface area contributed by atoms with Gasteiger partial charge in [-0.25, -0.2) is 0 Å². The molecule has 2 heterocycles. The summed E-state index contributed by atoms with van der Waals surface area (Å²) in [5.74, 6) is 0.792. The Hall–Kier alpha value is -0.0800. The van der Waals surface area contributed by atoms with Gasteiger partial charge in [-0.1, -0.05) is 13.3 Å². The third-order valence-electron chi connectivity index (χ3n) is 3.84. The molecular formula is C11H22N2. The van der Waals surface area contributed by atoms with Crippen LogP contribution in [0.25, 0.3) is 0 Å². The Morgan fingerprint density at radius 1 is 1.54 bits per heavy atom. The lowest BCUT2D eigenvalue weighted by Crippen LogP contribution is -2.50. The number of piperidine rings is 1. The second kappa shape index (κ2) is 3.58. The van der Waals surface area contributed by atoms with Gasteiger partial charge in [0.2, 0.25) is 0 Å². The molecule has 2 nitrogen and oxygen atoms in total. The molecule has 0 spiro atoms. The van der Waals surface area contributed by atoms with Gasteiger partial charge in [0.05, 0.1) is 0 Å². The molecule has 0 aromatic rings. The Labute approximate surface area is 81.3 Å². The van der Waals surface area contributed by atoms with Crippen LogP contribution in [0.2, 0.25) is 0 Å². The zero-order valence-corrected chi connectivity index (χ0v) is 8.68. The fraction of sp³-hybridized carbons (Fsp3) is 1.00. The highest BCUT2D eigenvalue weighted by Gasteiger charge is 2.43. The minimum absolute atomic E-state index is 0.488. The normalized spacial score (nSPS) is 43.8. The van der Waals surface area contributed by atoms with Crippen molar-refractivity contribution in [1.29, 1.82) is 0 Å². The van der Waals surface area contributed by atoms with Gasteiger partial charge >= 0.3 is 0 Å². The van der Waals surface area contributed by atoms with Gasteiger partial charge in [-0.15, -0.1) is 0 Å². The first-order valence-electron chi connectivity index (χ1n) is 5.76. The smallest absolute Gasteiger partial charge is 0.0187 e. The van der Waals surface area contributed by atoms with E-state index in [0.29, 0.717) is 5.54 Å². The molecule has 0 aliphatic carbocycles. The molecule has 2 rings (SSSR count). The third kappa shape index (κ3) is 1.75. The van der Waals surface area contributed by atoms with E-state index in [2.05, 4.69) is 12.2 Å². The van der Waals surface area contributed by atoms with E-state index in [9.17, 15) is 0 Å². The number of rotatable bonds is 3. The molecule has 2 aliphatic heterocycles. The maximum Gasteiger partial charge on any atom is 0.0187 e. The Morgan fingerprint density at radius 3 is 3.08 bits per heavy atom. The molecule has 2 bridgehead atoms. The molecule has 0 aromatic carbocycles. The van der Waals surface area contributed by atoms with Crippen molar-refractivity contribution in [1.82, 2.24) is 5.32 Å². The van der Waals surface area contributed by atoms with Gasteiger partial charge in [0.15, 0.2) is 0 Å². The second-order valence-corrected chi connectivity index (χ2v) is 4.95. The Kier molecular flexibility index (Phi) is 2.61. The Morgan fingerprint density at radius 2 is 2.38 bits per heavy atom. The van der Waals surface area contributed by atoms with Crippen LogP contribution in [0.3, 0.4) is 0 Å². The summed E-state index contributed by atoms with van der Waals surface area (Å²) in [7, 11) is 0. The van der Waals surface area contributed by atoms with Crippen LogP contribution in [0.15, 0.2) is 0 Å². The van der Waals surface area contributed by atoms with E-state index >= 15 is 0 Å². The fourth-order valence-electron chi connectivity index (χ4n) is 3.36. The largest absolute Gasteiger partial charge is 0.330 e. The molecule has 0 amide bonds. The quantitative estimate of drug-likeness (QED) is 0.696. The van der Waals surface area contributed by atoms with Gasteiger partial charge < -0.3 is 11.1 Å². The molecule has 0 radical (unpaired) electrons. The van der Waals surface area contributed by atoms with Crippen LogP contribution in [-0.2, 0) is 0 Å². The highest BCUT2D eigenvalue weighted by Crippen LogP contribution is 2.40. The highest BCUT2D eigenvalue weighted by molar-refractivity contribution is 5.03. The second-order valence-electron chi connectivity index (χ2n) is 4.95. The van der Waals surface area contributed by atoms with E-state index in [4.69, 9.17) is 5.73 Å². The average Bonchev–Trinajstić information content (AvgIpc) is 2.42. The van der Waals surface area contributed by atoms with E-state index in [-0.39, 0.29) is 0 Å². The number of hydrogen-bond donors (Lipinski definition) is 2. The van der Waals surface area contributed by atoms with Crippen LogP contribution in [0.5, 0.6) is 0 Å². The molecule has 2 heteroatoms. The lowest BCUT2D eigenvalue weighted by atomic mass is 9.80. The van der Waals surface area contributed by atoms with Crippen molar-refractivity contribution >= 4 is 0 Å². The minimum atomic E-state index is 0.488. The molecule has 2 fully saturated rings. The van der Waals surface area contributed by atoms with Crippen molar-refractivity contribution < 1.29 is 0 Å². The molecule has 0 saturated carbocycles. The number of nitrogens with two attached hydrogens (primary N) is 1. The maximum atomic E-state index is 5.78. The first kappa shape index (κ1) is 9.47. The SMILES string of the molecule is CCCC12CCC(CC(CN)C1)N2. The van der Waals surface area contributed by atoms with Crippen molar-refractivity contribution in [2.75, 3.05) is 6.54 Å². The lowest BCUT2D eigenvalue weighted by molar-refractivity contribution is 0.199. The zero-order valence-electron chi connectivity index (χ0n) is 8.68. The van der Waals surface area contributed by atoms with Crippen LogP contribution in [0.1, 0.15) is 45.4 Å². The van der Waals surface area contributed by atoms with Crippen molar-refractivity contribution in [2.24, 2.45) is 11.7 Å². The van der Waals surface area contributed by atoms with Crippen molar-refractivity contribution in [3.05, 3.63) is 0 Å². The lowest BCUT2D eigenvalue weighted by Gasteiger charge is -2.39. The van der Waals surface area contributed by atoms with Crippen LogP contribution < -0.4 is 11.1 Å². The summed E-state index contributed by atoms with van der Waals surface area (Å²) in [4.78, 5) is 0. The molecule has 13 heavy (non-hydrogen) atoms. The monoisotopic (exact) mass is 182 g/mol. The summed E-state index contributed by atoms with van der Waals surface area (Å²) >= 11 is 0. The highest BCUT2D eigenvalue weighted by atomic mass is 15.1. The maximum absolute atomic E-state index is 5.78. The first-order chi connectivity index (χ1) is 6.28. The Bertz CT molecular complexity index is 177. The predicted molar refractivity (Wildman–Crippen MR) is 55.6 cm³/mol. The molecule has 2 aliphatic rings. The molecule has 3 atom stereocenters. The summed E-state index contributed by atoms with van der Waals surface area (Å²) in [6, 6.07) is 0.786. The van der Waals surface area contributed by atoms with Gasteiger partial charge in [0.25, 0.3) is 0 Å². The van der Waals surface area contributed by atoms with Crippen LogP contribution in [0, 0.1) is 5.92 Å². The fourth-order valence-corrected chi connectivity index (χ4v) is 3.36. The van der Waals surface area contributed by atoms with Gasteiger partial charge in [0, 0.05) is 11.6 Å². The van der Waals surface area contributed by atoms with Crippen molar-refractivity contribution in [3.8, 4) is 0 Å².